The van der Waals surface area contributed by atoms with E-state index in [4.69, 9.17) is 4.42 Å². The van der Waals surface area contributed by atoms with Crippen LogP contribution < -0.4 is 0 Å². The molecule has 0 atom stereocenters. The molecule has 108 valence electrons. The third-order valence-corrected chi connectivity index (χ3v) is 4.34. The van der Waals surface area contributed by atoms with Crippen LogP contribution in [0.25, 0.3) is 22.6 Å². The Kier molecular flexibility index (Phi) is 2.98. The number of aromatic nitrogens is 1. The molecule has 2 aromatic carbocycles. The fraction of sp³-hybridized carbons (Fsp3) is 0.133. The Morgan fingerprint density at radius 1 is 1.14 bits per heavy atom. The lowest BCUT2D eigenvalue weighted by atomic mass is 10.1. The Morgan fingerprint density at radius 2 is 1.90 bits per heavy atom. The molecular formula is C15H13NO4S. The number of phenols is 1. The molecule has 3 rings (SSSR count). The van der Waals surface area contributed by atoms with Gasteiger partial charge >= 0.3 is 0 Å². The summed E-state index contributed by atoms with van der Waals surface area (Å²) in [6, 6.07) is 9.47. The number of sulfone groups is 1. The fourth-order valence-corrected chi connectivity index (χ4v) is 2.78. The van der Waals surface area contributed by atoms with Crippen molar-refractivity contribution in [3.8, 4) is 17.2 Å². The highest BCUT2D eigenvalue weighted by molar-refractivity contribution is 7.90. The molecule has 0 saturated carbocycles. The average molecular weight is 303 g/mol. The van der Waals surface area contributed by atoms with E-state index in [0.29, 0.717) is 17.0 Å². The van der Waals surface area contributed by atoms with Crippen LogP contribution >= 0.6 is 0 Å². The molecule has 0 amide bonds. The normalized spacial score (nSPS) is 11.9. The number of fused-ring (bicyclic) bond motifs is 1. The third kappa shape index (κ3) is 2.50. The van der Waals surface area contributed by atoms with E-state index >= 15 is 0 Å². The van der Waals surface area contributed by atoms with Crippen LogP contribution in [0.2, 0.25) is 0 Å². The predicted octanol–water partition coefficient (Wildman–Crippen LogP) is 2.91. The average Bonchev–Trinajstić information content (AvgIpc) is 2.79. The molecular weight excluding hydrogens is 290 g/mol. The first-order valence-electron chi connectivity index (χ1n) is 6.25. The maximum Gasteiger partial charge on any atom is 0.227 e. The highest BCUT2D eigenvalue weighted by atomic mass is 32.2. The van der Waals surface area contributed by atoms with Crippen LogP contribution in [0.3, 0.4) is 0 Å². The largest absolute Gasteiger partial charge is 0.508 e. The minimum absolute atomic E-state index is 0.173. The number of phenolic OH excluding ortho intramolecular Hbond substituents is 1. The first-order chi connectivity index (χ1) is 9.84. The zero-order valence-corrected chi connectivity index (χ0v) is 12.3. The second-order valence-corrected chi connectivity index (χ2v) is 6.94. The molecule has 0 aliphatic rings. The first-order valence-corrected chi connectivity index (χ1v) is 8.14. The van der Waals surface area contributed by atoms with Gasteiger partial charge in [0.2, 0.25) is 5.89 Å². The third-order valence-electron chi connectivity index (χ3n) is 3.23. The molecule has 5 nitrogen and oxygen atoms in total. The molecule has 3 aromatic rings. The summed E-state index contributed by atoms with van der Waals surface area (Å²) in [6.45, 7) is 1.84. The SMILES string of the molecule is Cc1cc(O)ccc1-c1nc2cc(S(C)(=O)=O)ccc2o1. The van der Waals surface area contributed by atoms with Gasteiger partial charge < -0.3 is 9.52 Å². The van der Waals surface area contributed by atoms with Crippen molar-refractivity contribution in [1.82, 2.24) is 4.98 Å². The Labute approximate surface area is 121 Å². The second-order valence-electron chi connectivity index (χ2n) is 4.92. The van der Waals surface area contributed by atoms with Crippen molar-refractivity contribution >= 4 is 20.9 Å². The van der Waals surface area contributed by atoms with Gasteiger partial charge in [0, 0.05) is 11.8 Å². The fourth-order valence-electron chi connectivity index (χ4n) is 2.14. The lowest BCUT2D eigenvalue weighted by Crippen LogP contribution is -1.96. The molecule has 1 aromatic heterocycles. The van der Waals surface area contributed by atoms with Crippen LogP contribution in [0.1, 0.15) is 5.56 Å². The standard InChI is InChI=1S/C15H13NO4S/c1-9-7-10(17)3-5-12(9)15-16-13-8-11(21(2,18)19)4-6-14(13)20-15/h3-8,17H,1-2H3. The first kappa shape index (κ1) is 13.6. The van der Waals surface area contributed by atoms with Crippen molar-refractivity contribution in [1.29, 1.82) is 0 Å². The number of aryl methyl sites for hydroxylation is 1. The van der Waals surface area contributed by atoms with Crippen molar-refractivity contribution in [3.63, 3.8) is 0 Å². The lowest BCUT2D eigenvalue weighted by Gasteiger charge is -2.01. The van der Waals surface area contributed by atoms with E-state index in [-0.39, 0.29) is 10.6 Å². The molecule has 1 heterocycles. The van der Waals surface area contributed by atoms with Gasteiger partial charge in [-0.05, 0) is 48.9 Å². The molecule has 0 bridgehead atoms. The Hall–Kier alpha value is -2.34. The van der Waals surface area contributed by atoms with Crippen molar-refractivity contribution in [2.45, 2.75) is 11.8 Å². The van der Waals surface area contributed by atoms with E-state index in [9.17, 15) is 13.5 Å². The van der Waals surface area contributed by atoms with Crippen LogP contribution in [0.4, 0.5) is 0 Å². The number of benzene rings is 2. The number of nitrogens with zero attached hydrogens (tertiary/aromatic N) is 1. The van der Waals surface area contributed by atoms with Crippen LogP contribution in [0.15, 0.2) is 45.7 Å². The highest BCUT2D eigenvalue weighted by Crippen LogP contribution is 2.29. The molecule has 0 aliphatic carbocycles. The van der Waals surface area contributed by atoms with Gasteiger partial charge in [-0.15, -0.1) is 0 Å². The summed E-state index contributed by atoms with van der Waals surface area (Å²) in [5, 5.41) is 9.43. The number of hydrogen-bond acceptors (Lipinski definition) is 5. The summed E-state index contributed by atoms with van der Waals surface area (Å²) in [4.78, 5) is 4.54. The zero-order chi connectivity index (χ0) is 15.2. The highest BCUT2D eigenvalue weighted by Gasteiger charge is 2.14. The van der Waals surface area contributed by atoms with Crippen LogP contribution in [0.5, 0.6) is 5.75 Å². The van der Waals surface area contributed by atoms with Crippen LogP contribution in [-0.2, 0) is 9.84 Å². The van der Waals surface area contributed by atoms with E-state index in [1.807, 2.05) is 6.92 Å². The van der Waals surface area contributed by atoms with Gasteiger partial charge in [0.15, 0.2) is 15.4 Å². The van der Waals surface area contributed by atoms with Crippen molar-refractivity contribution < 1.29 is 17.9 Å². The summed E-state index contributed by atoms with van der Waals surface area (Å²) < 4.78 is 28.8. The van der Waals surface area contributed by atoms with Crippen molar-refractivity contribution in [2.75, 3.05) is 6.26 Å². The van der Waals surface area contributed by atoms with Gasteiger partial charge in [-0.25, -0.2) is 13.4 Å². The van der Waals surface area contributed by atoms with E-state index in [1.165, 1.54) is 12.1 Å². The molecule has 6 heteroatoms. The molecule has 0 spiro atoms. The summed E-state index contributed by atoms with van der Waals surface area (Å²) in [7, 11) is -3.28. The minimum Gasteiger partial charge on any atom is -0.508 e. The monoisotopic (exact) mass is 303 g/mol. The van der Waals surface area contributed by atoms with Gasteiger partial charge in [-0.2, -0.15) is 0 Å². The molecule has 0 saturated heterocycles. The second kappa shape index (κ2) is 4.60. The molecule has 0 aliphatic heterocycles. The minimum atomic E-state index is -3.28. The maximum atomic E-state index is 11.6. The predicted molar refractivity (Wildman–Crippen MR) is 79.0 cm³/mol. The number of aromatic hydroxyl groups is 1. The van der Waals surface area contributed by atoms with Gasteiger partial charge in [0.25, 0.3) is 0 Å². The Balaban J connectivity index is 2.17. The van der Waals surface area contributed by atoms with Gasteiger partial charge in [-0.3, -0.25) is 0 Å². The molecule has 0 radical (unpaired) electrons. The Morgan fingerprint density at radius 3 is 2.57 bits per heavy atom. The van der Waals surface area contributed by atoms with Crippen LogP contribution in [0, 0.1) is 6.92 Å². The number of hydrogen-bond donors (Lipinski definition) is 1. The molecule has 0 unspecified atom stereocenters. The summed E-state index contributed by atoms with van der Waals surface area (Å²) >= 11 is 0. The molecule has 0 fully saturated rings. The summed E-state index contributed by atoms with van der Waals surface area (Å²) in [6.07, 6.45) is 1.15. The van der Waals surface area contributed by atoms with E-state index in [1.54, 1.807) is 24.3 Å². The Bertz CT molecular complexity index is 941. The quantitative estimate of drug-likeness (QED) is 0.787. The zero-order valence-electron chi connectivity index (χ0n) is 11.5. The van der Waals surface area contributed by atoms with Crippen LogP contribution in [-0.4, -0.2) is 24.8 Å². The topological polar surface area (TPSA) is 80.4 Å². The number of rotatable bonds is 2. The molecule has 1 N–H and O–H groups in total. The smallest absolute Gasteiger partial charge is 0.227 e. The van der Waals surface area contributed by atoms with E-state index in [2.05, 4.69) is 4.98 Å². The molecule has 21 heavy (non-hydrogen) atoms. The summed E-state index contributed by atoms with van der Waals surface area (Å²) in [5.41, 5.74) is 2.58. The van der Waals surface area contributed by atoms with Gasteiger partial charge in [0.1, 0.15) is 11.3 Å². The summed E-state index contributed by atoms with van der Waals surface area (Å²) in [5.74, 6) is 0.569. The van der Waals surface area contributed by atoms with E-state index < -0.39 is 9.84 Å². The van der Waals surface area contributed by atoms with E-state index in [0.717, 1.165) is 17.4 Å². The van der Waals surface area contributed by atoms with Crippen molar-refractivity contribution in [3.05, 3.63) is 42.0 Å². The number of oxazole rings is 1. The lowest BCUT2D eigenvalue weighted by molar-refractivity contribution is 0.475. The van der Waals surface area contributed by atoms with Crippen molar-refractivity contribution in [2.24, 2.45) is 0 Å². The van der Waals surface area contributed by atoms with Gasteiger partial charge in [0.05, 0.1) is 4.90 Å². The van der Waals surface area contributed by atoms with Gasteiger partial charge in [-0.1, -0.05) is 0 Å². The maximum absolute atomic E-state index is 11.6.